The van der Waals surface area contributed by atoms with Gasteiger partial charge in [-0.1, -0.05) is 0 Å². The Bertz CT molecular complexity index is 403. The number of nitrogens with zero attached hydrogens (tertiary/aromatic N) is 1. The van der Waals surface area contributed by atoms with E-state index in [9.17, 15) is 13.6 Å². The summed E-state index contributed by atoms with van der Waals surface area (Å²) in [6.07, 6.45) is 0.356. The van der Waals surface area contributed by atoms with Crippen LogP contribution in [0.25, 0.3) is 0 Å². The molecule has 0 amide bonds. The van der Waals surface area contributed by atoms with Crippen molar-refractivity contribution in [3.63, 3.8) is 0 Å². The molecule has 2 rings (SSSR count). The molecular formula is C10H9F2NO. The summed E-state index contributed by atoms with van der Waals surface area (Å²) in [4.78, 5) is 13.1. The molecule has 74 valence electrons. The van der Waals surface area contributed by atoms with Crippen LogP contribution in [0.5, 0.6) is 0 Å². The zero-order valence-electron chi connectivity index (χ0n) is 7.68. The molecule has 0 saturated heterocycles. The third kappa shape index (κ3) is 1.27. The molecule has 1 aliphatic rings. The lowest BCUT2D eigenvalue weighted by atomic mass is 10.0. The highest BCUT2D eigenvalue weighted by atomic mass is 19.2. The van der Waals surface area contributed by atoms with Crippen molar-refractivity contribution in [1.29, 1.82) is 0 Å². The largest absolute Gasteiger partial charge is 0.373 e. The zero-order valence-corrected chi connectivity index (χ0v) is 7.68. The van der Waals surface area contributed by atoms with Gasteiger partial charge >= 0.3 is 0 Å². The summed E-state index contributed by atoms with van der Waals surface area (Å²) in [6.45, 7) is 0.552. The van der Waals surface area contributed by atoms with Crippen LogP contribution in [0.4, 0.5) is 14.5 Å². The van der Waals surface area contributed by atoms with Crippen LogP contribution in [0, 0.1) is 11.6 Å². The average molecular weight is 197 g/mol. The molecule has 14 heavy (non-hydrogen) atoms. The van der Waals surface area contributed by atoms with Gasteiger partial charge in [0.05, 0.1) is 5.69 Å². The maximum Gasteiger partial charge on any atom is 0.166 e. The molecule has 4 heteroatoms. The number of halogens is 2. The fourth-order valence-corrected chi connectivity index (χ4v) is 1.60. The molecule has 0 radical (unpaired) electrons. The van der Waals surface area contributed by atoms with Crippen molar-refractivity contribution in [2.75, 3.05) is 18.5 Å². The fourth-order valence-electron chi connectivity index (χ4n) is 1.60. The topological polar surface area (TPSA) is 20.3 Å². The Balaban J connectivity index is 2.62. The summed E-state index contributed by atoms with van der Waals surface area (Å²) >= 11 is 0. The Morgan fingerprint density at radius 3 is 2.64 bits per heavy atom. The highest BCUT2D eigenvalue weighted by Crippen LogP contribution is 2.27. The number of benzene rings is 1. The Labute approximate surface area is 80.1 Å². The van der Waals surface area contributed by atoms with Crippen LogP contribution in [0.2, 0.25) is 0 Å². The van der Waals surface area contributed by atoms with Crippen LogP contribution in [0.1, 0.15) is 16.8 Å². The van der Waals surface area contributed by atoms with E-state index in [1.165, 1.54) is 0 Å². The number of carbonyl (C=O) groups excluding carboxylic acids is 1. The first-order valence-corrected chi connectivity index (χ1v) is 4.33. The SMILES string of the molecule is CN1CCC(=O)c2cc(F)c(F)cc21. The Morgan fingerprint density at radius 1 is 1.29 bits per heavy atom. The lowest BCUT2D eigenvalue weighted by molar-refractivity contribution is 0.0980. The molecule has 0 atom stereocenters. The first-order valence-electron chi connectivity index (χ1n) is 4.33. The summed E-state index contributed by atoms with van der Waals surface area (Å²) in [5.74, 6) is -2.00. The number of Topliss-reactive ketones (excluding diaryl/α,β-unsaturated/α-hetero) is 1. The van der Waals surface area contributed by atoms with Crippen LogP contribution in [0.15, 0.2) is 12.1 Å². The summed E-state index contributed by atoms with van der Waals surface area (Å²) in [7, 11) is 1.75. The molecule has 0 N–H and O–H groups in total. The van der Waals surface area contributed by atoms with Crippen molar-refractivity contribution in [3.05, 3.63) is 29.3 Å². The van der Waals surface area contributed by atoms with E-state index in [4.69, 9.17) is 0 Å². The van der Waals surface area contributed by atoms with Gasteiger partial charge in [-0.3, -0.25) is 4.79 Å². The van der Waals surface area contributed by atoms with Crippen molar-refractivity contribution < 1.29 is 13.6 Å². The number of fused-ring (bicyclic) bond motifs is 1. The maximum atomic E-state index is 12.9. The third-order valence-corrected chi connectivity index (χ3v) is 2.42. The highest BCUT2D eigenvalue weighted by Gasteiger charge is 2.22. The minimum absolute atomic E-state index is 0.128. The number of hydrogen-bond donors (Lipinski definition) is 0. The minimum atomic E-state index is -0.965. The Hall–Kier alpha value is -1.45. The quantitative estimate of drug-likeness (QED) is 0.633. The van der Waals surface area contributed by atoms with Crippen LogP contribution in [-0.4, -0.2) is 19.4 Å². The first kappa shape index (κ1) is 9.12. The van der Waals surface area contributed by atoms with Gasteiger partial charge in [0.2, 0.25) is 0 Å². The van der Waals surface area contributed by atoms with Gasteiger partial charge in [-0.05, 0) is 6.07 Å². The van der Waals surface area contributed by atoms with Crippen molar-refractivity contribution in [1.82, 2.24) is 0 Å². The number of carbonyl (C=O) groups is 1. The van der Waals surface area contributed by atoms with E-state index in [1.807, 2.05) is 0 Å². The van der Waals surface area contributed by atoms with Crippen LogP contribution in [-0.2, 0) is 0 Å². The monoisotopic (exact) mass is 197 g/mol. The zero-order chi connectivity index (χ0) is 10.3. The number of rotatable bonds is 0. The highest BCUT2D eigenvalue weighted by molar-refractivity contribution is 6.03. The molecule has 0 aromatic heterocycles. The molecule has 1 heterocycles. The molecule has 1 aromatic rings. The second-order valence-electron chi connectivity index (χ2n) is 3.38. The van der Waals surface area contributed by atoms with E-state index in [0.29, 0.717) is 18.7 Å². The average Bonchev–Trinajstić information content (AvgIpc) is 2.15. The van der Waals surface area contributed by atoms with E-state index in [1.54, 1.807) is 11.9 Å². The summed E-state index contributed by atoms with van der Waals surface area (Å²) in [5.41, 5.74) is 0.748. The third-order valence-electron chi connectivity index (χ3n) is 2.42. The number of hydrogen-bond acceptors (Lipinski definition) is 2. The molecule has 0 spiro atoms. The molecule has 0 saturated carbocycles. The predicted octanol–water partition coefficient (Wildman–Crippen LogP) is 1.99. The second kappa shape index (κ2) is 3.04. The Morgan fingerprint density at radius 2 is 1.93 bits per heavy atom. The summed E-state index contributed by atoms with van der Waals surface area (Å²) < 4.78 is 25.8. The van der Waals surface area contributed by atoms with Gasteiger partial charge in [0, 0.05) is 31.6 Å². The van der Waals surface area contributed by atoms with Crippen LogP contribution in [0.3, 0.4) is 0 Å². The Kier molecular flexibility index (Phi) is 1.98. The number of ketones is 1. The maximum absolute atomic E-state index is 12.9. The van der Waals surface area contributed by atoms with Crippen LogP contribution < -0.4 is 4.90 Å². The number of anilines is 1. The predicted molar refractivity (Wildman–Crippen MR) is 48.6 cm³/mol. The van der Waals surface area contributed by atoms with Gasteiger partial charge in [-0.25, -0.2) is 8.78 Å². The van der Waals surface area contributed by atoms with E-state index >= 15 is 0 Å². The first-order chi connectivity index (χ1) is 6.59. The van der Waals surface area contributed by atoms with Gasteiger partial charge in [0.1, 0.15) is 0 Å². The van der Waals surface area contributed by atoms with Crippen LogP contribution >= 0.6 is 0 Å². The molecule has 1 aromatic carbocycles. The molecule has 0 fully saturated rings. The van der Waals surface area contributed by atoms with Gasteiger partial charge in [-0.2, -0.15) is 0 Å². The van der Waals surface area contributed by atoms with Crippen molar-refractivity contribution in [2.45, 2.75) is 6.42 Å². The van der Waals surface area contributed by atoms with Gasteiger partial charge in [-0.15, -0.1) is 0 Å². The standard InChI is InChI=1S/C10H9F2NO/c1-13-3-2-10(14)6-4-7(11)8(12)5-9(6)13/h4-5H,2-3H2,1H3. The van der Waals surface area contributed by atoms with E-state index < -0.39 is 11.6 Å². The molecule has 1 aliphatic heterocycles. The van der Waals surface area contributed by atoms with Gasteiger partial charge in [0.15, 0.2) is 17.4 Å². The lowest BCUT2D eigenvalue weighted by Gasteiger charge is -2.26. The lowest BCUT2D eigenvalue weighted by Crippen LogP contribution is -2.28. The van der Waals surface area contributed by atoms with E-state index in [-0.39, 0.29) is 11.3 Å². The smallest absolute Gasteiger partial charge is 0.166 e. The minimum Gasteiger partial charge on any atom is -0.373 e. The molecule has 0 bridgehead atoms. The van der Waals surface area contributed by atoms with Gasteiger partial charge in [0.25, 0.3) is 0 Å². The second-order valence-corrected chi connectivity index (χ2v) is 3.38. The van der Waals surface area contributed by atoms with Gasteiger partial charge < -0.3 is 4.90 Å². The molecule has 0 unspecified atom stereocenters. The summed E-state index contributed by atoms with van der Waals surface area (Å²) in [5, 5.41) is 0. The molecule has 2 nitrogen and oxygen atoms in total. The van der Waals surface area contributed by atoms with Crippen molar-refractivity contribution in [3.8, 4) is 0 Å². The molecular weight excluding hydrogens is 188 g/mol. The summed E-state index contributed by atoms with van der Waals surface area (Å²) in [6, 6.07) is 2.05. The van der Waals surface area contributed by atoms with E-state index in [0.717, 1.165) is 12.1 Å². The van der Waals surface area contributed by atoms with Crippen molar-refractivity contribution in [2.24, 2.45) is 0 Å². The normalized spacial score (nSPS) is 15.6. The fraction of sp³-hybridized carbons (Fsp3) is 0.300. The van der Waals surface area contributed by atoms with Crippen molar-refractivity contribution >= 4 is 11.5 Å². The van der Waals surface area contributed by atoms with E-state index in [2.05, 4.69) is 0 Å². The molecule has 0 aliphatic carbocycles.